The molecule has 0 saturated carbocycles. The zero-order valence-corrected chi connectivity index (χ0v) is 14.2. The first-order valence-electron chi connectivity index (χ1n) is 7.98. The molecule has 2 rings (SSSR count). The number of nitrogens with one attached hydrogen (secondary N) is 1. The third-order valence-corrected chi connectivity index (χ3v) is 4.26. The Hall–Kier alpha value is -1.78. The summed E-state index contributed by atoms with van der Waals surface area (Å²) in [7, 11) is 0. The molecule has 0 aromatic heterocycles. The Morgan fingerprint density at radius 2 is 2.09 bits per heavy atom. The summed E-state index contributed by atoms with van der Waals surface area (Å²) in [5, 5.41) is 2.82. The highest BCUT2D eigenvalue weighted by molar-refractivity contribution is 5.88. The summed E-state index contributed by atoms with van der Waals surface area (Å²) < 4.78 is 10.8. The van der Waals surface area contributed by atoms with Crippen LogP contribution in [0, 0.1) is 5.41 Å². The molecule has 1 N–H and O–H groups in total. The van der Waals surface area contributed by atoms with Crippen molar-refractivity contribution in [3.8, 4) is 0 Å². The van der Waals surface area contributed by atoms with Crippen LogP contribution in [-0.4, -0.2) is 54.8 Å². The normalized spacial score (nSPS) is 22.7. The SMILES string of the molecule is C=C=CCNC(=O)C1N(C(=O)OC(C)(C)C)CC12CCOCC2. The third-order valence-electron chi connectivity index (χ3n) is 4.26. The van der Waals surface area contributed by atoms with E-state index in [-0.39, 0.29) is 11.3 Å². The van der Waals surface area contributed by atoms with Crippen LogP contribution in [0.2, 0.25) is 0 Å². The van der Waals surface area contributed by atoms with Gasteiger partial charge in [-0.3, -0.25) is 9.69 Å². The molecule has 6 heteroatoms. The first-order chi connectivity index (χ1) is 10.8. The predicted octanol–water partition coefficient (Wildman–Crippen LogP) is 1.86. The molecule has 23 heavy (non-hydrogen) atoms. The van der Waals surface area contributed by atoms with Crippen molar-refractivity contribution in [2.45, 2.75) is 45.3 Å². The van der Waals surface area contributed by atoms with E-state index in [2.05, 4.69) is 17.6 Å². The number of ether oxygens (including phenoxy) is 2. The highest BCUT2D eigenvalue weighted by Gasteiger charge is 2.59. The second-order valence-corrected chi connectivity index (χ2v) is 7.14. The highest BCUT2D eigenvalue weighted by Crippen LogP contribution is 2.46. The molecule has 0 aromatic rings. The molecular formula is C17H26N2O4. The first kappa shape index (κ1) is 17.6. The summed E-state index contributed by atoms with van der Waals surface area (Å²) >= 11 is 0. The van der Waals surface area contributed by atoms with Crippen molar-refractivity contribution in [2.24, 2.45) is 5.41 Å². The van der Waals surface area contributed by atoms with E-state index in [1.807, 2.05) is 20.8 Å². The van der Waals surface area contributed by atoms with Gasteiger partial charge in [0.25, 0.3) is 0 Å². The van der Waals surface area contributed by atoms with Gasteiger partial charge in [-0.2, -0.15) is 0 Å². The number of hydrogen-bond donors (Lipinski definition) is 1. The molecule has 6 nitrogen and oxygen atoms in total. The van der Waals surface area contributed by atoms with Gasteiger partial charge in [-0.15, -0.1) is 5.73 Å². The van der Waals surface area contributed by atoms with Crippen LogP contribution in [0.25, 0.3) is 0 Å². The maximum atomic E-state index is 12.6. The van der Waals surface area contributed by atoms with Crippen molar-refractivity contribution in [2.75, 3.05) is 26.3 Å². The molecule has 2 aliphatic rings. The zero-order chi connectivity index (χ0) is 17.1. The van der Waals surface area contributed by atoms with Crippen LogP contribution in [-0.2, 0) is 14.3 Å². The third kappa shape index (κ3) is 3.95. The molecule has 2 saturated heterocycles. The number of hydrogen-bond acceptors (Lipinski definition) is 4. The minimum absolute atomic E-state index is 0.157. The number of carbonyl (C=O) groups excluding carboxylic acids is 2. The summed E-state index contributed by atoms with van der Waals surface area (Å²) in [4.78, 5) is 26.5. The topological polar surface area (TPSA) is 67.9 Å². The van der Waals surface area contributed by atoms with E-state index >= 15 is 0 Å². The zero-order valence-electron chi connectivity index (χ0n) is 14.2. The molecule has 2 heterocycles. The number of likely N-dealkylation sites (tertiary alicyclic amines) is 1. The fourth-order valence-corrected chi connectivity index (χ4v) is 3.18. The van der Waals surface area contributed by atoms with Gasteiger partial charge in [-0.05, 0) is 39.7 Å². The Morgan fingerprint density at radius 1 is 1.43 bits per heavy atom. The van der Waals surface area contributed by atoms with Gasteiger partial charge in [-0.25, -0.2) is 4.79 Å². The molecule has 2 aliphatic heterocycles. The van der Waals surface area contributed by atoms with E-state index in [1.54, 1.807) is 6.08 Å². The lowest BCUT2D eigenvalue weighted by Gasteiger charge is -2.57. The average Bonchev–Trinajstić information content (AvgIpc) is 2.44. The maximum Gasteiger partial charge on any atom is 0.411 e. The first-order valence-corrected chi connectivity index (χ1v) is 7.98. The van der Waals surface area contributed by atoms with E-state index in [1.165, 1.54) is 4.90 Å². The van der Waals surface area contributed by atoms with Crippen LogP contribution in [0.3, 0.4) is 0 Å². The van der Waals surface area contributed by atoms with Crippen molar-refractivity contribution >= 4 is 12.0 Å². The van der Waals surface area contributed by atoms with Crippen LogP contribution < -0.4 is 5.32 Å². The van der Waals surface area contributed by atoms with Gasteiger partial charge < -0.3 is 14.8 Å². The quantitative estimate of drug-likeness (QED) is 0.805. The summed E-state index contributed by atoms with van der Waals surface area (Å²) in [5.41, 5.74) is 1.84. The number of nitrogens with zero attached hydrogens (tertiary/aromatic N) is 1. The van der Waals surface area contributed by atoms with Gasteiger partial charge in [-0.1, -0.05) is 6.58 Å². The Bertz CT molecular complexity index is 511. The minimum Gasteiger partial charge on any atom is -0.444 e. The lowest BCUT2D eigenvalue weighted by molar-refractivity contribution is -0.158. The van der Waals surface area contributed by atoms with E-state index in [0.29, 0.717) is 26.3 Å². The van der Waals surface area contributed by atoms with Gasteiger partial charge in [0.05, 0.1) is 0 Å². The number of carbonyl (C=O) groups is 2. The Balaban J connectivity index is 2.11. The summed E-state index contributed by atoms with van der Waals surface area (Å²) in [6.45, 7) is 11.1. The molecule has 128 valence electrons. The van der Waals surface area contributed by atoms with E-state index in [0.717, 1.165) is 12.8 Å². The van der Waals surface area contributed by atoms with Crippen molar-refractivity contribution in [1.29, 1.82) is 0 Å². The Labute approximate surface area is 137 Å². The molecular weight excluding hydrogens is 296 g/mol. The molecule has 2 fully saturated rings. The average molecular weight is 322 g/mol. The van der Waals surface area contributed by atoms with Gasteiger partial charge in [0.2, 0.25) is 5.91 Å². The second-order valence-electron chi connectivity index (χ2n) is 7.14. The molecule has 0 aromatic carbocycles. The van der Waals surface area contributed by atoms with E-state index in [9.17, 15) is 9.59 Å². The van der Waals surface area contributed by atoms with Crippen molar-refractivity contribution in [3.05, 3.63) is 18.4 Å². The summed E-state index contributed by atoms with van der Waals surface area (Å²) in [6, 6.07) is -0.500. The molecule has 0 radical (unpaired) electrons. The molecule has 1 unspecified atom stereocenters. The fourth-order valence-electron chi connectivity index (χ4n) is 3.18. The predicted molar refractivity (Wildman–Crippen MR) is 85.9 cm³/mol. The van der Waals surface area contributed by atoms with Crippen molar-refractivity contribution in [3.63, 3.8) is 0 Å². The van der Waals surface area contributed by atoms with Crippen LogP contribution >= 0.6 is 0 Å². The van der Waals surface area contributed by atoms with Crippen LogP contribution in [0.1, 0.15) is 33.6 Å². The van der Waals surface area contributed by atoms with Crippen molar-refractivity contribution < 1.29 is 19.1 Å². The maximum absolute atomic E-state index is 12.6. The molecule has 2 amide bonds. The largest absolute Gasteiger partial charge is 0.444 e. The molecule has 1 spiro atoms. The Kier molecular flexibility index (Phi) is 5.17. The second kappa shape index (κ2) is 6.77. The van der Waals surface area contributed by atoms with E-state index in [4.69, 9.17) is 9.47 Å². The van der Waals surface area contributed by atoms with E-state index < -0.39 is 17.7 Å². The standard InChI is InChI=1S/C17H26N2O4/c1-5-6-9-18-14(20)13-17(7-10-22-11-8-17)12-19(13)15(21)23-16(2,3)4/h6,13H,1,7-12H2,2-4H3,(H,18,20). The smallest absolute Gasteiger partial charge is 0.411 e. The van der Waals surface area contributed by atoms with Gasteiger partial charge in [0.1, 0.15) is 11.6 Å². The van der Waals surface area contributed by atoms with Gasteiger partial charge >= 0.3 is 6.09 Å². The lowest BCUT2D eigenvalue weighted by atomic mass is 9.66. The number of amides is 2. The molecule has 0 bridgehead atoms. The summed E-state index contributed by atoms with van der Waals surface area (Å²) in [5.74, 6) is -0.157. The number of rotatable bonds is 3. The lowest BCUT2D eigenvalue weighted by Crippen LogP contribution is -2.72. The van der Waals surface area contributed by atoms with Gasteiger partial charge in [0, 0.05) is 31.7 Å². The van der Waals surface area contributed by atoms with Crippen LogP contribution in [0.15, 0.2) is 18.4 Å². The monoisotopic (exact) mass is 322 g/mol. The molecule has 0 aliphatic carbocycles. The van der Waals surface area contributed by atoms with Crippen LogP contribution in [0.4, 0.5) is 4.79 Å². The molecule has 1 atom stereocenters. The van der Waals surface area contributed by atoms with Gasteiger partial charge in [0.15, 0.2) is 0 Å². The van der Waals surface area contributed by atoms with Crippen LogP contribution in [0.5, 0.6) is 0 Å². The minimum atomic E-state index is -0.581. The van der Waals surface area contributed by atoms with Crippen molar-refractivity contribution in [1.82, 2.24) is 10.2 Å². The highest BCUT2D eigenvalue weighted by atomic mass is 16.6. The Morgan fingerprint density at radius 3 is 2.65 bits per heavy atom. The summed E-state index contributed by atoms with van der Waals surface area (Å²) in [6.07, 6.45) is 2.77. The fraction of sp³-hybridized carbons (Fsp3) is 0.706.